The molecule has 0 radical (unpaired) electrons. The van der Waals surface area contributed by atoms with Crippen LogP contribution in [0.2, 0.25) is 0 Å². The lowest BCUT2D eigenvalue weighted by molar-refractivity contribution is -0.274. The molecule has 0 aromatic carbocycles. The summed E-state index contributed by atoms with van der Waals surface area (Å²) in [5, 5.41) is 0. The Hall–Kier alpha value is -2.62. The van der Waals surface area contributed by atoms with Crippen LogP contribution in [0.3, 0.4) is 0 Å². The van der Waals surface area contributed by atoms with Crippen LogP contribution in [0.15, 0.2) is 18.3 Å². The van der Waals surface area contributed by atoms with Crippen LogP contribution >= 0.6 is 0 Å². The summed E-state index contributed by atoms with van der Waals surface area (Å²) < 4.78 is 47.2. The zero-order valence-electron chi connectivity index (χ0n) is 14.1. The van der Waals surface area contributed by atoms with Crippen molar-refractivity contribution in [3.05, 3.63) is 24.2 Å². The van der Waals surface area contributed by atoms with Crippen LogP contribution in [0.25, 0.3) is 11.3 Å². The van der Waals surface area contributed by atoms with Crippen LogP contribution in [0.5, 0.6) is 5.75 Å². The van der Waals surface area contributed by atoms with E-state index in [-0.39, 0.29) is 11.9 Å². The Balaban J connectivity index is 1.52. The van der Waals surface area contributed by atoms with Crippen molar-refractivity contribution in [2.75, 3.05) is 23.8 Å². The van der Waals surface area contributed by atoms with Crippen LogP contribution in [-0.4, -0.2) is 46.6 Å². The minimum absolute atomic E-state index is 0.248. The molecule has 2 aromatic rings. The summed E-state index contributed by atoms with van der Waals surface area (Å²) in [5.74, 6) is 0.906. The lowest BCUT2D eigenvalue weighted by atomic mass is 9.95. The second-order valence-electron chi connectivity index (χ2n) is 6.99. The fourth-order valence-electron chi connectivity index (χ4n) is 3.31. The number of pyridine rings is 1. The highest BCUT2D eigenvalue weighted by molar-refractivity contribution is 5.67. The lowest BCUT2D eigenvalue weighted by Gasteiger charge is -2.55. The minimum atomic E-state index is -4.85. The Morgan fingerprint density at radius 3 is 2.63 bits per heavy atom. The van der Waals surface area contributed by atoms with Crippen molar-refractivity contribution in [2.45, 2.75) is 37.3 Å². The third-order valence-electron chi connectivity index (χ3n) is 5.06. The minimum Gasteiger partial charge on any atom is -0.402 e. The molecule has 2 N–H and O–H groups in total. The van der Waals surface area contributed by atoms with Gasteiger partial charge in [-0.25, -0.2) is 15.0 Å². The number of nitrogen functional groups attached to an aromatic ring is 1. The molecule has 142 valence electrons. The molecule has 2 saturated heterocycles. The maximum absolute atomic E-state index is 12.6. The molecule has 1 aliphatic carbocycles. The predicted molar refractivity (Wildman–Crippen MR) is 89.2 cm³/mol. The third kappa shape index (κ3) is 3.03. The first-order valence-corrected chi connectivity index (χ1v) is 8.66. The molecule has 2 aromatic heterocycles. The predicted octanol–water partition coefficient (Wildman–Crippen LogP) is 2.48. The number of halogens is 3. The van der Waals surface area contributed by atoms with Gasteiger partial charge in [0.2, 0.25) is 0 Å². The second-order valence-corrected chi connectivity index (χ2v) is 6.99. The molecular weight excluding hydrogens is 363 g/mol. The van der Waals surface area contributed by atoms with E-state index in [4.69, 9.17) is 10.5 Å². The van der Waals surface area contributed by atoms with Gasteiger partial charge in [0, 0.05) is 30.3 Å². The number of nitrogens with two attached hydrogens (primary N) is 1. The Morgan fingerprint density at radius 2 is 2.04 bits per heavy atom. The van der Waals surface area contributed by atoms with Gasteiger partial charge in [0.1, 0.15) is 11.6 Å². The molecule has 0 amide bonds. The number of rotatable bonds is 4. The van der Waals surface area contributed by atoms with Gasteiger partial charge in [-0.1, -0.05) is 0 Å². The maximum Gasteiger partial charge on any atom is 0.573 e. The van der Waals surface area contributed by atoms with Crippen molar-refractivity contribution >= 4 is 11.6 Å². The first kappa shape index (κ1) is 16.5. The molecule has 4 heterocycles. The molecule has 2 aliphatic heterocycles. The Morgan fingerprint density at radius 1 is 1.22 bits per heavy atom. The highest BCUT2D eigenvalue weighted by Crippen LogP contribution is 2.42. The molecule has 5 rings (SSSR count). The Labute approximate surface area is 152 Å². The summed E-state index contributed by atoms with van der Waals surface area (Å²) in [4.78, 5) is 15.2. The number of hydrogen-bond donors (Lipinski definition) is 1. The second kappa shape index (κ2) is 5.69. The number of alkyl halides is 3. The van der Waals surface area contributed by atoms with Crippen molar-refractivity contribution in [3.63, 3.8) is 0 Å². The molecule has 10 heteroatoms. The van der Waals surface area contributed by atoms with Crippen LogP contribution in [0.4, 0.5) is 24.8 Å². The van der Waals surface area contributed by atoms with Gasteiger partial charge in [0.05, 0.1) is 24.4 Å². The molecule has 3 fully saturated rings. The first-order chi connectivity index (χ1) is 12.9. The quantitative estimate of drug-likeness (QED) is 0.873. The van der Waals surface area contributed by atoms with Gasteiger partial charge < -0.3 is 20.1 Å². The van der Waals surface area contributed by atoms with E-state index in [1.807, 2.05) is 0 Å². The van der Waals surface area contributed by atoms with Crippen molar-refractivity contribution in [2.24, 2.45) is 0 Å². The normalized spacial score (nSPS) is 24.0. The van der Waals surface area contributed by atoms with Crippen molar-refractivity contribution in [1.82, 2.24) is 15.0 Å². The fourth-order valence-corrected chi connectivity index (χ4v) is 3.31. The van der Waals surface area contributed by atoms with E-state index in [9.17, 15) is 13.2 Å². The molecule has 0 spiro atoms. The average molecular weight is 379 g/mol. The lowest BCUT2D eigenvalue weighted by Crippen LogP contribution is -2.71. The maximum atomic E-state index is 12.6. The zero-order valence-corrected chi connectivity index (χ0v) is 14.1. The van der Waals surface area contributed by atoms with E-state index in [0.29, 0.717) is 35.6 Å². The van der Waals surface area contributed by atoms with E-state index < -0.39 is 12.1 Å². The number of anilines is 2. The van der Waals surface area contributed by atoms with Crippen LogP contribution in [0.1, 0.15) is 24.6 Å². The van der Waals surface area contributed by atoms with E-state index >= 15 is 0 Å². The monoisotopic (exact) mass is 379 g/mol. The number of fused-ring (bicyclic) bond motifs is 1. The van der Waals surface area contributed by atoms with Crippen molar-refractivity contribution in [1.29, 1.82) is 0 Å². The summed E-state index contributed by atoms with van der Waals surface area (Å²) in [6.07, 6.45) is -1.17. The third-order valence-corrected chi connectivity index (χ3v) is 5.06. The molecule has 3 aliphatic rings. The van der Waals surface area contributed by atoms with Crippen molar-refractivity contribution in [3.8, 4) is 17.0 Å². The molecule has 27 heavy (non-hydrogen) atoms. The summed E-state index contributed by atoms with van der Waals surface area (Å²) in [6.45, 7) is 1.42. The van der Waals surface area contributed by atoms with Gasteiger partial charge in [0.25, 0.3) is 0 Å². The topological polar surface area (TPSA) is 86.4 Å². The highest BCUT2D eigenvalue weighted by Gasteiger charge is 2.48. The van der Waals surface area contributed by atoms with Gasteiger partial charge in [0.15, 0.2) is 11.6 Å². The summed E-state index contributed by atoms with van der Waals surface area (Å²) >= 11 is 0. The summed E-state index contributed by atoms with van der Waals surface area (Å²) in [5.41, 5.74) is 6.43. The average Bonchev–Trinajstić information content (AvgIpc) is 3.43. The van der Waals surface area contributed by atoms with Crippen LogP contribution in [0, 0.1) is 0 Å². The number of hydrogen-bond acceptors (Lipinski definition) is 7. The van der Waals surface area contributed by atoms with E-state index in [1.54, 1.807) is 6.07 Å². The van der Waals surface area contributed by atoms with Crippen molar-refractivity contribution < 1.29 is 22.6 Å². The zero-order chi connectivity index (χ0) is 18.8. The first-order valence-electron chi connectivity index (χ1n) is 8.66. The summed E-state index contributed by atoms with van der Waals surface area (Å²) in [6, 6.07) is 3.29. The van der Waals surface area contributed by atoms with E-state index in [0.717, 1.165) is 25.2 Å². The molecule has 0 bridgehead atoms. The fraction of sp³-hybridized carbons (Fsp3) is 0.471. The van der Waals surface area contributed by atoms with Gasteiger partial charge in [-0.2, -0.15) is 0 Å². The number of ether oxygens (including phenoxy) is 2. The standard InChI is InChI=1S/C17H16F3N5O2/c18-17(19,20)27-12-3-9(5-22-15(12)21)10-4-14(24-16(23-10)8-1-2-8)25-6-13-11(25)7-26-13/h3-5,8,11,13H,1-2,6-7H2,(H2,21,22)/t11-,13?/m1/s1. The largest absolute Gasteiger partial charge is 0.573 e. The SMILES string of the molecule is Nc1ncc(-c2cc(N3CC4OC[C@H]43)nc(C3CC3)n2)cc1OC(F)(F)F. The van der Waals surface area contributed by atoms with Crippen LogP contribution in [-0.2, 0) is 4.74 Å². The molecule has 2 atom stereocenters. The molecule has 7 nitrogen and oxygen atoms in total. The molecule has 1 saturated carbocycles. The number of morpholine rings is 1. The molecule has 1 unspecified atom stereocenters. The highest BCUT2D eigenvalue weighted by atomic mass is 19.4. The van der Waals surface area contributed by atoms with E-state index in [1.165, 1.54) is 12.3 Å². The Kier molecular flexibility index (Phi) is 3.48. The van der Waals surface area contributed by atoms with Crippen LogP contribution < -0.4 is 15.4 Å². The van der Waals surface area contributed by atoms with Gasteiger partial charge >= 0.3 is 6.36 Å². The smallest absolute Gasteiger partial charge is 0.402 e. The molecular formula is C17H16F3N5O2. The summed E-state index contributed by atoms with van der Waals surface area (Å²) in [7, 11) is 0. The number of aromatic nitrogens is 3. The van der Waals surface area contributed by atoms with Gasteiger partial charge in [-0.05, 0) is 18.9 Å². The number of nitrogens with zero attached hydrogens (tertiary/aromatic N) is 4. The van der Waals surface area contributed by atoms with E-state index in [2.05, 4.69) is 24.6 Å². The van der Waals surface area contributed by atoms with Gasteiger partial charge in [-0.3, -0.25) is 0 Å². The Bertz CT molecular complexity index is 903. The van der Waals surface area contributed by atoms with Gasteiger partial charge in [-0.15, -0.1) is 13.2 Å².